The highest BCUT2D eigenvalue weighted by molar-refractivity contribution is 5.64. The molecule has 0 atom stereocenters. The second-order valence-electron chi connectivity index (χ2n) is 6.02. The molecule has 3 aromatic carbocycles. The molecule has 0 heterocycles. The minimum Gasteiger partial charge on any atom is -0.489 e. The van der Waals surface area contributed by atoms with E-state index in [0.29, 0.717) is 13.2 Å². The van der Waals surface area contributed by atoms with E-state index in [1.54, 1.807) is 0 Å². The Labute approximate surface area is 149 Å². The average molecular weight is 330 g/mol. The molecule has 0 N–H and O–H groups in total. The number of hydrogen-bond donors (Lipinski definition) is 0. The molecule has 0 amide bonds. The minimum atomic E-state index is 0.526. The zero-order chi connectivity index (χ0) is 17.5. The molecule has 0 fully saturated rings. The first-order valence-corrected chi connectivity index (χ1v) is 8.35. The van der Waals surface area contributed by atoms with Crippen molar-refractivity contribution in [2.45, 2.75) is 20.1 Å². The largest absolute Gasteiger partial charge is 0.489 e. The van der Waals surface area contributed by atoms with Gasteiger partial charge in [-0.3, -0.25) is 0 Å². The molecular formula is C23H22O2. The van der Waals surface area contributed by atoms with Crippen LogP contribution >= 0.6 is 0 Å². The summed E-state index contributed by atoms with van der Waals surface area (Å²) < 4.78 is 11.9. The van der Waals surface area contributed by atoms with Crippen LogP contribution in [0.1, 0.15) is 23.6 Å². The standard InChI is InChI=1S/C23H22O2/c1-18(2)21-13-22(24-16-19-9-5-3-6-10-19)15-23(14-21)25-17-20-11-7-4-8-12-20/h3-15H,1,16-17H2,2H3. The molecule has 3 aromatic rings. The quantitative estimate of drug-likeness (QED) is 0.539. The van der Waals surface area contributed by atoms with E-state index < -0.39 is 0 Å². The van der Waals surface area contributed by atoms with Crippen molar-refractivity contribution < 1.29 is 9.47 Å². The van der Waals surface area contributed by atoms with Gasteiger partial charge in [0.25, 0.3) is 0 Å². The summed E-state index contributed by atoms with van der Waals surface area (Å²) >= 11 is 0. The number of hydrogen-bond acceptors (Lipinski definition) is 2. The van der Waals surface area contributed by atoms with Crippen LogP contribution < -0.4 is 9.47 Å². The molecule has 0 saturated carbocycles. The van der Waals surface area contributed by atoms with Gasteiger partial charge in [0, 0.05) is 6.07 Å². The molecule has 2 nitrogen and oxygen atoms in total. The van der Waals surface area contributed by atoms with E-state index in [4.69, 9.17) is 9.47 Å². The first-order chi connectivity index (χ1) is 12.2. The minimum absolute atomic E-state index is 0.526. The summed E-state index contributed by atoms with van der Waals surface area (Å²) in [6.07, 6.45) is 0. The lowest BCUT2D eigenvalue weighted by Gasteiger charge is -2.13. The third kappa shape index (κ3) is 4.98. The third-order valence-electron chi connectivity index (χ3n) is 3.87. The van der Waals surface area contributed by atoms with E-state index in [1.807, 2.05) is 61.5 Å². The van der Waals surface area contributed by atoms with Crippen LogP contribution in [0, 0.1) is 0 Å². The maximum Gasteiger partial charge on any atom is 0.124 e. The smallest absolute Gasteiger partial charge is 0.124 e. The van der Waals surface area contributed by atoms with E-state index in [9.17, 15) is 0 Å². The maximum absolute atomic E-state index is 5.95. The second-order valence-corrected chi connectivity index (χ2v) is 6.02. The SMILES string of the molecule is C=C(C)c1cc(OCc2ccccc2)cc(OCc2ccccc2)c1. The van der Waals surface area contributed by atoms with Gasteiger partial charge in [0.2, 0.25) is 0 Å². The van der Waals surface area contributed by atoms with Crippen LogP contribution in [0.3, 0.4) is 0 Å². The zero-order valence-corrected chi connectivity index (χ0v) is 14.4. The van der Waals surface area contributed by atoms with Crippen LogP contribution in [0.2, 0.25) is 0 Å². The number of benzene rings is 3. The Kier molecular flexibility index (Phi) is 5.53. The van der Waals surface area contributed by atoms with Gasteiger partial charge < -0.3 is 9.47 Å². The van der Waals surface area contributed by atoms with Crippen LogP contribution in [0.4, 0.5) is 0 Å². The lowest BCUT2D eigenvalue weighted by Crippen LogP contribution is -1.99. The van der Waals surface area contributed by atoms with Gasteiger partial charge in [0.05, 0.1) is 0 Å². The van der Waals surface area contributed by atoms with Gasteiger partial charge in [0.15, 0.2) is 0 Å². The van der Waals surface area contributed by atoms with Crippen LogP contribution in [0.15, 0.2) is 85.4 Å². The van der Waals surface area contributed by atoms with E-state index in [1.165, 1.54) is 0 Å². The maximum atomic E-state index is 5.95. The van der Waals surface area contributed by atoms with Crippen LogP contribution in [0.5, 0.6) is 11.5 Å². The van der Waals surface area contributed by atoms with Crippen molar-refractivity contribution in [2.75, 3.05) is 0 Å². The van der Waals surface area contributed by atoms with Crippen LogP contribution in [0.25, 0.3) is 5.57 Å². The first-order valence-electron chi connectivity index (χ1n) is 8.35. The Balaban J connectivity index is 1.73. The topological polar surface area (TPSA) is 18.5 Å². The van der Waals surface area contributed by atoms with Crippen molar-refractivity contribution in [3.8, 4) is 11.5 Å². The van der Waals surface area contributed by atoms with Gasteiger partial charge in [-0.2, -0.15) is 0 Å². The Morgan fingerprint density at radius 1 is 0.720 bits per heavy atom. The number of ether oxygens (including phenoxy) is 2. The Morgan fingerprint density at radius 2 is 1.16 bits per heavy atom. The number of rotatable bonds is 7. The summed E-state index contributed by atoms with van der Waals surface area (Å²) in [5, 5.41) is 0. The first kappa shape index (κ1) is 16.8. The summed E-state index contributed by atoms with van der Waals surface area (Å²) in [7, 11) is 0. The molecule has 0 radical (unpaired) electrons. The predicted octanol–water partition coefficient (Wildman–Crippen LogP) is 5.88. The van der Waals surface area contributed by atoms with Crippen molar-refractivity contribution >= 4 is 5.57 Å². The molecule has 0 bridgehead atoms. The monoisotopic (exact) mass is 330 g/mol. The Morgan fingerprint density at radius 3 is 1.56 bits per heavy atom. The van der Waals surface area contributed by atoms with E-state index in [0.717, 1.165) is 33.8 Å². The Hall–Kier alpha value is -3.00. The Bertz CT molecular complexity index is 761. The van der Waals surface area contributed by atoms with E-state index >= 15 is 0 Å². The van der Waals surface area contributed by atoms with Crippen molar-refractivity contribution in [3.63, 3.8) is 0 Å². The second kappa shape index (κ2) is 8.20. The third-order valence-corrected chi connectivity index (χ3v) is 3.87. The molecule has 3 rings (SSSR count). The molecule has 0 spiro atoms. The molecule has 25 heavy (non-hydrogen) atoms. The van der Waals surface area contributed by atoms with Crippen molar-refractivity contribution in [2.24, 2.45) is 0 Å². The highest BCUT2D eigenvalue weighted by Crippen LogP contribution is 2.27. The van der Waals surface area contributed by atoms with E-state index in [2.05, 4.69) is 30.8 Å². The summed E-state index contributed by atoms with van der Waals surface area (Å²) in [6.45, 7) is 7.07. The summed E-state index contributed by atoms with van der Waals surface area (Å²) in [4.78, 5) is 0. The number of allylic oxidation sites excluding steroid dienone is 1. The summed E-state index contributed by atoms with van der Waals surface area (Å²) in [5.74, 6) is 1.57. The zero-order valence-electron chi connectivity index (χ0n) is 14.4. The predicted molar refractivity (Wildman–Crippen MR) is 103 cm³/mol. The van der Waals surface area contributed by atoms with Crippen LogP contribution in [-0.2, 0) is 13.2 Å². The molecule has 0 aliphatic heterocycles. The van der Waals surface area contributed by atoms with Gasteiger partial charge in [-0.15, -0.1) is 0 Å². The summed E-state index contributed by atoms with van der Waals surface area (Å²) in [5.41, 5.74) is 4.27. The molecule has 0 saturated heterocycles. The van der Waals surface area contributed by atoms with Gasteiger partial charge in [-0.05, 0) is 35.7 Å². The fourth-order valence-electron chi connectivity index (χ4n) is 2.47. The van der Waals surface area contributed by atoms with Gasteiger partial charge in [0.1, 0.15) is 24.7 Å². The average Bonchev–Trinajstić information content (AvgIpc) is 2.66. The molecule has 0 unspecified atom stereocenters. The van der Waals surface area contributed by atoms with Gasteiger partial charge >= 0.3 is 0 Å². The van der Waals surface area contributed by atoms with Crippen molar-refractivity contribution in [3.05, 3.63) is 102 Å². The molecule has 0 aliphatic rings. The van der Waals surface area contributed by atoms with Gasteiger partial charge in [-0.1, -0.05) is 72.8 Å². The fourth-order valence-corrected chi connectivity index (χ4v) is 2.47. The highest BCUT2D eigenvalue weighted by atomic mass is 16.5. The molecule has 0 aromatic heterocycles. The van der Waals surface area contributed by atoms with Crippen molar-refractivity contribution in [1.29, 1.82) is 0 Å². The van der Waals surface area contributed by atoms with Gasteiger partial charge in [-0.25, -0.2) is 0 Å². The van der Waals surface area contributed by atoms with E-state index in [-0.39, 0.29) is 0 Å². The lowest BCUT2D eigenvalue weighted by atomic mass is 10.1. The summed E-state index contributed by atoms with van der Waals surface area (Å²) in [6, 6.07) is 26.2. The molecule has 0 aliphatic carbocycles. The lowest BCUT2D eigenvalue weighted by molar-refractivity contribution is 0.290. The molecular weight excluding hydrogens is 308 g/mol. The fraction of sp³-hybridized carbons (Fsp3) is 0.130. The normalized spacial score (nSPS) is 10.3. The molecule has 126 valence electrons. The van der Waals surface area contributed by atoms with Crippen molar-refractivity contribution in [1.82, 2.24) is 0 Å². The molecule has 2 heteroatoms. The highest BCUT2D eigenvalue weighted by Gasteiger charge is 2.05. The van der Waals surface area contributed by atoms with Crippen LogP contribution in [-0.4, -0.2) is 0 Å².